The monoisotopic (exact) mass is 408 g/mol. The summed E-state index contributed by atoms with van der Waals surface area (Å²) in [6.07, 6.45) is -3.31. The lowest BCUT2D eigenvalue weighted by Gasteiger charge is -2.27. The maximum atomic E-state index is 11.9. The third-order valence-corrected chi connectivity index (χ3v) is 4.99. The Balaban J connectivity index is 4.06. The van der Waals surface area contributed by atoms with E-state index in [0.29, 0.717) is 0 Å². The molecule has 2 amide bonds. The topological polar surface area (TPSA) is 156 Å². The van der Waals surface area contributed by atoms with Crippen molar-refractivity contribution in [2.75, 3.05) is 25.4 Å². The van der Waals surface area contributed by atoms with E-state index in [0.717, 1.165) is 11.8 Å². The Morgan fingerprint density at radius 1 is 1.00 bits per heavy atom. The average molecular weight is 409 g/mol. The second kappa shape index (κ2) is 12.3. The first-order valence-corrected chi connectivity index (χ1v) is 9.78. The van der Waals surface area contributed by atoms with Crippen LogP contribution in [0.3, 0.4) is 0 Å². The van der Waals surface area contributed by atoms with Crippen molar-refractivity contribution in [1.29, 1.82) is 0 Å². The third kappa shape index (κ3) is 9.52. The Morgan fingerprint density at radius 3 is 2.04 bits per heavy atom. The lowest BCUT2D eigenvalue weighted by atomic mass is 9.87. The zero-order valence-corrected chi connectivity index (χ0v) is 17.1. The largest absolute Gasteiger partial charge is 0.396 e. The van der Waals surface area contributed by atoms with Crippen LogP contribution in [0, 0.1) is 11.3 Å². The van der Waals surface area contributed by atoms with Crippen molar-refractivity contribution in [3.8, 4) is 0 Å². The van der Waals surface area contributed by atoms with Crippen molar-refractivity contribution >= 4 is 28.7 Å². The quantitative estimate of drug-likeness (QED) is 0.216. The first kappa shape index (κ1) is 25.8. The van der Waals surface area contributed by atoms with E-state index in [1.54, 1.807) is 13.8 Å². The van der Waals surface area contributed by atoms with E-state index in [4.69, 9.17) is 5.11 Å². The zero-order chi connectivity index (χ0) is 21.2. The van der Waals surface area contributed by atoms with Crippen LogP contribution < -0.4 is 10.6 Å². The molecule has 0 heterocycles. The van der Waals surface area contributed by atoms with Gasteiger partial charge in [0, 0.05) is 30.7 Å². The van der Waals surface area contributed by atoms with Crippen LogP contribution in [-0.4, -0.2) is 81.1 Å². The van der Waals surface area contributed by atoms with Gasteiger partial charge in [-0.1, -0.05) is 25.6 Å². The number of carbonyl (C=O) groups is 3. The summed E-state index contributed by atoms with van der Waals surface area (Å²) < 4.78 is 0. The van der Waals surface area contributed by atoms with Crippen molar-refractivity contribution in [3.63, 3.8) is 0 Å². The highest BCUT2D eigenvalue weighted by atomic mass is 32.2. The molecule has 0 radical (unpaired) electrons. The molecule has 0 fully saturated rings. The highest BCUT2D eigenvalue weighted by molar-refractivity contribution is 8.13. The van der Waals surface area contributed by atoms with Crippen molar-refractivity contribution in [2.24, 2.45) is 11.3 Å². The molecule has 0 aromatic carbocycles. The number of amides is 2. The van der Waals surface area contributed by atoms with Crippen LogP contribution in [-0.2, 0) is 14.4 Å². The Bertz CT molecular complexity index is 490. The molecule has 0 saturated heterocycles. The van der Waals surface area contributed by atoms with Gasteiger partial charge in [-0.3, -0.25) is 14.4 Å². The average Bonchev–Trinajstić information content (AvgIpc) is 2.57. The van der Waals surface area contributed by atoms with Gasteiger partial charge < -0.3 is 31.1 Å². The Hall–Kier alpha value is -1.20. The smallest absolute Gasteiger partial charge is 0.249 e. The summed E-state index contributed by atoms with van der Waals surface area (Å²) in [4.78, 5) is 35.4. The van der Waals surface area contributed by atoms with Crippen LogP contribution in [0.1, 0.15) is 34.1 Å². The van der Waals surface area contributed by atoms with Crippen molar-refractivity contribution < 1.29 is 34.8 Å². The standard InChI is InChI=1S/C17H32N2O7S/c1-10(21)13(11(2)22)16(26)27-8-7-18-12(23)5-6-19-15(25)14(24)17(3,4)9-20/h10-11,13-14,20-22,24H,5-9H2,1-4H3,(H,18,23)(H,19,25)/t10?,11?,13?,14-/m0/s1. The first-order chi connectivity index (χ1) is 12.4. The van der Waals surface area contributed by atoms with E-state index >= 15 is 0 Å². The Morgan fingerprint density at radius 2 is 1.56 bits per heavy atom. The van der Waals surface area contributed by atoms with E-state index in [2.05, 4.69) is 10.6 Å². The summed E-state index contributed by atoms with van der Waals surface area (Å²) in [5, 5.41) is 42.6. The van der Waals surface area contributed by atoms with Gasteiger partial charge in [0.25, 0.3) is 0 Å². The molecule has 0 aromatic rings. The lowest BCUT2D eigenvalue weighted by Crippen LogP contribution is -2.46. The maximum absolute atomic E-state index is 11.9. The third-order valence-electron chi connectivity index (χ3n) is 4.03. The van der Waals surface area contributed by atoms with E-state index in [9.17, 15) is 29.7 Å². The SMILES string of the molecule is CC(O)C(C(=O)SCCNC(=O)CCNC(=O)[C@H](O)C(C)(C)CO)C(C)O. The van der Waals surface area contributed by atoms with Gasteiger partial charge in [0.05, 0.1) is 24.7 Å². The number of nitrogens with one attached hydrogen (secondary N) is 2. The maximum Gasteiger partial charge on any atom is 0.249 e. The highest BCUT2D eigenvalue weighted by Crippen LogP contribution is 2.19. The van der Waals surface area contributed by atoms with Gasteiger partial charge in [-0.05, 0) is 13.8 Å². The first-order valence-electron chi connectivity index (χ1n) is 8.80. The molecule has 0 aromatic heterocycles. The van der Waals surface area contributed by atoms with E-state index in [-0.39, 0.29) is 42.9 Å². The van der Waals surface area contributed by atoms with Crippen LogP contribution in [0.15, 0.2) is 0 Å². The van der Waals surface area contributed by atoms with Crippen molar-refractivity contribution in [2.45, 2.75) is 52.4 Å². The number of hydrogen-bond donors (Lipinski definition) is 6. The van der Waals surface area contributed by atoms with Crippen LogP contribution in [0.5, 0.6) is 0 Å². The second-order valence-electron chi connectivity index (χ2n) is 7.11. The van der Waals surface area contributed by atoms with Crippen LogP contribution in [0.4, 0.5) is 0 Å². The summed E-state index contributed by atoms with van der Waals surface area (Å²) in [7, 11) is 0. The van der Waals surface area contributed by atoms with Gasteiger partial charge in [-0.25, -0.2) is 0 Å². The fourth-order valence-corrected chi connectivity index (χ4v) is 3.15. The molecule has 158 valence electrons. The molecular weight excluding hydrogens is 376 g/mol. The van der Waals surface area contributed by atoms with Crippen molar-refractivity contribution in [1.82, 2.24) is 10.6 Å². The summed E-state index contributed by atoms with van der Waals surface area (Å²) in [6.45, 7) is 5.85. The highest BCUT2D eigenvalue weighted by Gasteiger charge is 2.32. The molecule has 0 spiro atoms. The number of aliphatic hydroxyl groups excluding tert-OH is 4. The van der Waals surface area contributed by atoms with Gasteiger partial charge in [0.2, 0.25) is 11.8 Å². The van der Waals surface area contributed by atoms with Gasteiger partial charge in [0.1, 0.15) is 6.10 Å². The molecule has 0 aliphatic carbocycles. The minimum absolute atomic E-state index is 0.000595. The van der Waals surface area contributed by atoms with Gasteiger partial charge in [-0.2, -0.15) is 0 Å². The second-order valence-corrected chi connectivity index (χ2v) is 8.21. The molecule has 0 rings (SSSR count). The van der Waals surface area contributed by atoms with Crippen molar-refractivity contribution in [3.05, 3.63) is 0 Å². The zero-order valence-electron chi connectivity index (χ0n) is 16.3. The molecule has 0 saturated carbocycles. The normalized spacial score (nSPS) is 16.1. The number of thioether (sulfide) groups is 1. The van der Waals surface area contributed by atoms with Crippen LogP contribution >= 0.6 is 11.8 Å². The van der Waals surface area contributed by atoms with Gasteiger partial charge >= 0.3 is 0 Å². The van der Waals surface area contributed by atoms with Crippen LogP contribution in [0.2, 0.25) is 0 Å². The molecule has 0 aliphatic heterocycles. The summed E-state index contributed by atoms with van der Waals surface area (Å²) >= 11 is 0.921. The van der Waals surface area contributed by atoms with Crippen LogP contribution in [0.25, 0.3) is 0 Å². The molecule has 2 unspecified atom stereocenters. The predicted molar refractivity (Wildman–Crippen MR) is 102 cm³/mol. The van der Waals surface area contributed by atoms with Gasteiger partial charge in [-0.15, -0.1) is 0 Å². The molecule has 9 nitrogen and oxygen atoms in total. The van der Waals surface area contributed by atoms with E-state index in [1.807, 2.05) is 0 Å². The molecule has 27 heavy (non-hydrogen) atoms. The minimum atomic E-state index is -1.39. The van der Waals surface area contributed by atoms with Gasteiger partial charge in [0.15, 0.2) is 5.12 Å². The van der Waals surface area contributed by atoms with E-state index in [1.165, 1.54) is 13.8 Å². The fraction of sp³-hybridized carbons (Fsp3) is 0.824. The minimum Gasteiger partial charge on any atom is -0.396 e. The number of carbonyl (C=O) groups excluding carboxylic acids is 3. The lowest BCUT2D eigenvalue weighted by molar-refractivity contribution is -0.137. The molecule has 6 N–H and O–H groups in total. The molecule has 0 aliphatic rings. The summed E-state index contributed by atoms with van der Waals surface area (Å²) in [5.74, 6) is -1.58. The predicted octanol–water partition coefficient (Wildman–Crippen LogP) is -1.37. The Kier molecular flexibility index (Phi) is 11.7. The molecule has 0 bridgehead atoms. The summed E-state index contributed by atoms with van der Waals surface area (Å²) in [5.41, 5.74) is -0.980. The molecular formula is C17H32N2O7S. The number of rotatable bonds is 12. The Labute approximate surface area is 163 Å². The molecule has 3 atom stereocenters. The molecule has 10 heteroatoms. The summed E-state index contributed by atoms with van der Waals surface area (Å²) in [6, 6.07) is 0. The van der Waals surface area contributed by atoms with E-state index < -0.39 is 35.6 Å². The fourth-order valence-electron chi connectivity index (χ4n) is 2.16. The number of hydrogen-bond acceptors (Lipinski definition) is 8. The number of aliphatic hydroxyl groups is 4.